The number of para-hydroxylation sites is 1. The number of benzene rings is 2. The SMILES string of the molecule is CC/C=C(\NC(=O)C1CC[CH-]CC1)Nc1ccccc1C.[CH2-]c1c(Br)cccc1[C-]=O.[K+]. The maximum atomic E-state index is 12.4. The van der Waals surface area contributed by atoms with Gasteiger partial charge in [0.2, 0.25) is 5.91 Å². The summed E-state index contributed by atoms with van der Waals surface area (Å²) in [4.78, 5) is 22.5. The monoisotopic (exact) mass is 520 g/mol. The summed E-state index contributed by atoms with van der Waals surface area (Å²) in [7, 11) is 0. The number of halogens is 1. The minimum absolute atomic E-state index is 0. The second kappa shape index (κ2) is 15.9. The fourth-order valence-corrected chi connectivity index (χ4v) is 3.64. The molecule has 0 bridgehead atoms. The predicted molar refractivity (Wildman–Crippen MR) is 131 cm³/mol. The Kier molecular flexibility index (Phi) is 14.4. The maximum absolute atomic E-state index is 12.4. The van der Waals surface area contributed by atoms with E-state index in [1.807, 2.05) is 30.3 Å². The largest absolute Gasteiger partial charge is 1.00 e. The number of rotatable bonds is 6. The average Bonchev–Trinajstić information content (AvgIpc) is 2.78. The van der Waals surface area contributed by atoms with Crippen molar-refractivity contribution in [2.75, 3.05) is 5.32 Å². The summed E-state index contributed by atoms with van der Waals surface area (Å²) in [6, 6.07) is 13.4. The first-order valence-corrected chi connectivity index (χ1v) is 11.4. The summed E-state index contributed by atoms with van der Waals surface area (Å²) in [5.74, 6) is 1.09. The Morgan fingerprint density at radius 2 is 1.91 bits per heavy atom. The predicted octanol–water partition coefficient (Wildman–Crippen LogP) is 3.26. The second-order valence-electron chi connectivity index (χ2n) is 7.46. The third kappa shape index (κ3) is 9.54. The number of aryl methyl sites for hydroxylation is 1. The molecule has 0 aliphatic heterocycles. The minimum Gasteiger partial charge on any atom is -0.391 e. The molecule has 1 aliphatic carbocycles. The Morgan fingerprint density at radius 1 is 1.22 bits per heavy atom. The van der Waals surface area contributed by atoms with E-state index in [1.54, 1.807) is 18.4 Å². The van der Waals surface area contributed by atoms with Gasteiger partial charge in [0.1, 0.15) is 5.82 Å². The van der Waals surface area contributed by atoms with Crippen LogP contribution in [0.1, 0.15) is 55.7 Å². The van der Waals surface area contributed by atoms with E-state index in [-0.39, 0.29) is 63.2 Å². The van der Waals surface area contributed by atoms with Crippen LogP contribution >= 0.6 is 15.9 Å². The Hall–Kier alpha value is -0.894. The topological polar surface area (TPSA) is 58.2 Å². The van der Waals surface area contributed by atoms with Crippen molar-refractivity contribution >= 4 is 33.8 Å². The van der Waals surface area contributed by atoms with Crippen molar-refractivity contribution in [1.29, 1.82) is 0 Å². The van der Waals surface area contributed by atoms with Gasteiger partial charge >= 0.3 is 51.4 Å². The van der Waals surface area contributed by atoms with Gasteiger partial charge in [-0.15, -0.1) is 32.5 Å². The summed E-state index contributed by atoms with van der Waals surface area (Å²) < 4.78 is 0.841. The van der Waals surface area contributed by atoms with E-state index in [0.717, 1.165) is 48.1 Å². The second-order valence-corrected chi connectivity index (χ2v) is 8.32. The van der Waals surface area contributed by atoms with E-state index in [0.29, 0.717) is 11.1 Å². The van der Waals surface area contributed by atoms with E-state index in [4.69, 9.17) is 0 Å². The Bertz CT molecular complexity index is 908. The van der Waals surface area contributed by atoms with Gasteiger partial charge in [-0.1, -0.05) is 38.0 Å². The van der Waals surface area contributed by atoms with E-state index in [1.165, 1.54) is 5.56 Å². The van der Waals surface area contributed by atoms with Crippen LogP contribution in [0.2, 0.25) is 0 Å². The first-order valence-electron chi connectivity index (χ1n) is 10.6. The zero-order valence-corrected chi connectivity index (χ0v) is 23.9. The molecule has 0 unspecified atom stereocenters. The first kappa shape index (κ1) is 29.1. The van der Waals surface area contributed by atoms with Gasteiger partial charge < -0.3 is 21.8 Å². The molecule has 0 saturated heterocycles. The van der Waals surface area contributed by atoms with Gasteiger partial charge in [0.25, 0.3) is 0 Å². The molecule has 1 saturated carbocycles. The van der Waals surface area contributed by atoms with Gasteiger partial charge in [-0.3, -0.25) is 22.8 Å². The number of nitrogens with one attached hydrogen (secondary N) is 2. The van der Waals surface area contributed by atoms with Crippen molar-refractivity contribution in [1.82, 2.24) is 5.32 Å². The maximum Gasteiger partial charge on any atom is 1.00 e. The number of hydrogen-bond acceptors (Lipinski definition) is 3. The van der Waals surface area contributed by atoms with Crippen LogP contribution in [0.4, 0.5) is 5.69 Å². The fourth-order valence-electron chi connectivity index (χ4n) is 3.27. The summed E-state index contributed by atoms with van der Waals surface area (Å²) in [5, 5.41) is 6.40. The van der Waals surface area contributed by atoms with E-state index < -0.39 is 0 Å². The molecule has 0 radical (unpaired) electrons. The van der Waals surface area contributed by atoms with E-state index >= 15 is 0 Å². The van der Waals surface area contributed by atoms with Gasteiger partial charge in [0.05, 0.1) is 0 Å². The summed E-state index contributed by atoms with van der Waals surface area (Å²) in [6.45, 7) is 7.81. The van der Waals surface area contributed by atoms with Crippen molar-refractivity contribution < 1.29 is 61.0 Å². The number of carbonyl (C=O) groups is 1. The molecule has 0 spiro atoms. The molecule has 32 heavy (non-hydrogen) atoms. The van der Waals surface area contributed by atoms with Crippen molar-refractivity contribution in [3.63, 3.8) is 0 Å². The average molecular weight is 522 g/mol. The Labute approximate surface area is 243 Å². The van der Waals surface area contributed by atoms with Crippen LogP contribution in [-0.2, 0) is 9.59 Å². The van der Waals surface area contributed by atoms with E-state index in [2.05, 4.69) is 59.8 Å². The third-order valence-electron chi connectivity index (χ3n) is 5.12. The molecule has 3 rings (SSSR count). The molecule has 1 amide bonds. The van der Waals surface area contributed by atoms with Gasteiger partial charge in [0.15, 0.2) is 0 Å². The fraction of sp³-hybridized carbons (Fsp3) is 0.308. The van der Waals surface area contributed by atoms with Crippen LogP contribution in [0.5, 0.6) is 0 Å². The van der Waals surface area contributed by atoms with Crippen LogP contribution in [0.25, 0.3) is 0 Å². The van der Waals surface area contributed by atoms with Crippen LogP contribution in [-0.4, -0.2) is 12.2 Å². The van der Waals surface area contributed by atoms with Gasteiger partial charge in [-0.2, -0.15) is 12.8 Å². The standard InChI is InChI=1S/C18H25N2O.C8H5BrO.K/c1-3-9-17(19-16-13-8-7-10-14(16)2)20-18(21)15-11-5-4-6-12-15;1-6-7(5-10)3-2-4-8(6)9;/h4,7-10,13,15,19H,3,5-6,11-12H2,1-2H3,(H,20,21);2-4H,1H2;/q-1;-2;+1/b17-9-;;. The molecule has 4 nitrogen and oxygen atoms in total. The molecule has 2 aromatic rings. The minimum atomic E-state index is 0. The van der Waals surface area contributed by atoms with Gasteiger partial charge in [0, 0.05) is 11.6 Å². The van der Waals surface area contributed by atoms with E-state index in [9.17, 15) is 9.59 Å². The van der Waals surface area contributed by atoms with Crippen molar-refractivity contribution in [3.05, 3.63) is 88.9 Å². The normalized spacial score (nSPS) is 13.8. The Balaban J connectivity index is 0.000000393. The van der Waals surface area contributed by atoms with Gasteiger partial charge in [-0.05, 0) is 37.3 Å². The molecular weight excluding hydrogens is 491 g/mol. The van der Waals surface area contributed by atoms with Crippen LogP contribution < -0.4 is 62.0 Å². The zero-order chi connectivity index (χ0) is 22.6. The molecule has 0 heterocycles. The number of allylic oxidation sites excluding steroid dienone is 1. The number of hydrogen-bond donors (Lipinski definition) is 2. The summed E-state index contributed by atoms with van der Waals surface area (Å²) in [5.41, 5.74) is 3.40. The van der Waals surface area contributed by atoms with Crippen molar-refractivity contribution in [2.24, 2.45) is 5.92 Å². The molecule has 2 N–H and O–H groups in total. The summed E-state index contributed by atoms with van der Waals surface area (Å²) in [6.07, 6.45) is 11.0. The van der Waals surface area contributed by atoms with Crippen LogP contribution in [0.15, 0.2) is 58.8 Å². The van der Waals surface area contributed by atoms with Gasteiger partial charge in [-0.25, -0.2) is 6.07 Å². The quantitative estimate of drug-likeness (QED) is 0.454. The van der Waals surface area contributed by atoms with Crippen molar-refractivity contribution in [3.8, 4) is 0 Å². The Morgan fingerprint density at radius 3 is 2.50 bits per heavy atom. The molecule has 6 heteroatoms. The third-order valence-corrected chi connectivity index (χ3v) is 5.86. The molecule has 1 fully saturated rings. The first-order chi connectivity index (χ1) is 15.0. The smallest absolute Gasteiger partial charge is 0.391 e. The zero-order valence-electron chi connectivity index (χ0n) is 19.2. The molecule has 0 atom stereocenters. The number of anilines is 1. The molecular formula is C26H30BrKN2O2-2. The van der Waals surface area contributed by atoms with Crippen LogP contribution in [0.3, 0.4) is 0 Å². The number of amides is 1. The van der Waals surface area contributed by atoms with Crippen molar-refractivity contribution in [2.45, 2.75) is 46.0 Å². The molecule has 1 aliphatic rings. The van der Waals surface area contributed by atoms with Crippen LogP contribution in [0, 0.1) is 26.2 Å². The summed E-state index contributed by atoms with van der Waals surface area (Å²) >= 11 is 3.25. The molecule has 166 valence electrons. The number of carbonyl (C=O) groups excluding carboxylic acids is 2. The molecule has 0 aromatic heterocycles. The molecule has 2 aromatic carbocycles.